The number of alkyl carbamates (subject to hydrolysis) is 1. The number of nitrogens with one attached hydrogen (secondary N) is 2. The highest BCUT2D eigenvalue weighted by molar-refractivity contribution is 5.66. The van der Waals surface area contributed by atoms with E-state index < -0.39 is 6.09 Å². The average molecular weight is 357 g/mol. The predicted molar refractivity (Wildman–Crippen MR) is 99.8 cm³/mol. The molecule has 1 saturated carbocycles. The van der Waals surface area contributed by atoms with E-state index in [9.17, 15) is 4.79 Å². The summed E-state index contributed by atoms with van der Waals surface area (Å²) in [5, 5.41) is 11.1. The first kappa shape index (κ1) is 18.4. The third-order valence-corrected chi connectivity index (χ3v) is 4.56. The fourth-order valence-corrected chi connectivity index (χ4v) is 2.94. The summed E-state index contributed by atoms with van der Waals surface area (Å²) in [5.41, 5.74) is 4.11. The molecule has 1 unspecified atom stereocenters. The van der Waals surface area contributed by atoms with Crippen LogP contribution < -0.4 is 10.6 Å². The van der Waals surface area contributed by atoms with Crippen molar-refractivity contribution in [2.75, 3.05) is 13.7 Å². The Morgan fingerprint density at radius 2 is 2.27 bits per heavy atom. The van der Waals surface area contributed by atoms with E-state index >= 15 is 0 Å². The summed E-state index contributed by atoms with van der Waals surface area (Å²) in [4.78, 5) is 15.7. The lowest BCUT2D eigenvalue weighted by Crippen LogP contribution is -2.25. The standard InChI is InChI=1S/C19H27N5O2/c1-13-6-4-9-20-18(13)17-12-16(14(2)22-15-7-8-15)23-24(17)11-5-10-21-19(25)26-3/h4,6,9,12,14-15,22H,5,7-8,10-11H2,1-3H3,(H,21,25). The molecule has 7 heteroatoms. The summed E-state index contributed by atoms with van der Waals surface area (Å²) < 4.78 is 6.59. The molecule has 0 saturated heterocycles. The maximum Gasteiger partial charge on any atom is 0.406 e. The number of rotatable bonds is 8. The van der Waals surface area contributed by atoms with Crippen molar-refractivity contribution in [3.8, 4) is 11.4 Å². The van der Waals surface area contributed by atoms with Crippen LogP contribution in [-0.4, -0.2) is 40.6 Å². The molecule has 1 aliphatic carbocycles. The number of hydrogen-bond donors (Lipinski definition) is 2. The van der Waals surface area contributed by atoms with Gasteiger partial charge in [0.05, 0.1) is 24.2 Å². The molecule has 2 aromatic rings. The van der Waals surface area contributed by atoms with E-state index in [1.54, 1.807) is 0 Å². The van der Waals surface area contributed by atoms with Gasteiger partial charge in [-0.1, -0.05) is 6.07 Å². The van der Waals surface area contributed by atoms with Crippen LogP contribution in [0, 0.1) is 6.92 Å². The van der Waals surface area contributed by atoms with Crippen molar-refractivity contribution in [1.82, 2.24) is 25.4 Å². The lowest BCUT2D eigenvalue weighted by Gasteiger charge is -2.10. The van der Waals surface area contributed by atoms with Crippen LogP contribution in [0.25, 0.3) is 11.4 Å². The van der Waals surface area contributed by atoms with E-state index in [4.69, 9.17) is 5.10 Å². The first-order chi connectivity index (χ1) is 12.6. The molecule has 0 aromatic carbocycles. The summed E-state index contributed by atoms with van der Waals surface area (Å²) >= 11 is 0. The Balaban J connectivity index is 1.77. The molecule has 0 spiro atoms. The first-order valence-electron chi connectivity index (χ1n) is 9.16. The van der Waals surface area contributed by atoms with Gasteiger partial charge in [-0.05, 0) is 50.8 Å². The number of carbonyl (C=O) groups is 1. The number of hydrogen-bond acceptors (Lipinski definition) is 5. The maximum atomic E-state index is 11.2. The summed E-state index contributed by atoms with van der Waals surface area (Å²) in [7, 11) is 1.37. The van der Waals surface area contributed by atoms with Crippen molar-refractivity contribution in [2.45, 2.75) is 51.7 Å². The molecule has 140 valence electrons. The van der Waals surface area contributed by atoms with Gasteiger partial charge >= 0.3 is 6.09 Å². The van der Waals surface area contributed by atoms with Gasteiger partial charge < -0.3 is 15.4 Å². The van der Waals surface area contributed by atoms with Crippen molar-refractivity contribution in [1.29, 1.82) is 0 Å². The van der Waals surface area contributed by atoms with Gasteiger partial charge in [0.15, 0.2) is 0 Å². The fourth-order valence-electron chi connectivity index (χ4n) is 2.94. The Labute approximate surface area is 154 Å². The Morgan fingerprint density at radius 3 is 2.96 bits per heavy atom. The second kappa shape index (κ2) is 8.31. The zero-order valence-electron chi connectivity index (χ0n) is 15.7. The van der Waals surface area contributed by atoms with Gasteiger partial charge in [0, 0.05) is 31.4 Å². The van der Waals surface area contributed by atoms with Crippen LogP contribution in [0.5, 0.6) is 0 Å². The second-order valence-corrected chi connectivity index (χ2v) is 6.78. The second-order valence-electron chi connectivity index (χ2n) is 6.78. The molecule has 0 aliphatic heterocycles. The van der Waals surface area contributed by atoms with E-state index in [0.29, 0.717) is 19.1 Å². The van der Waals surface area contributed by atoms with Crippen molar-refractivity contribution < 1.29 is 9.53 Å². The van der Waals surface area contributed by atoms with Gasteiger partial charge in [-0.3, -0.25) is 9.67 Å². The van der Waals surface area contributed by atoms with Crippen LogP contribution >= 0.6 is 0 Å². The smallest absolute Gasteiger partial charge is 0.406 e. The molecule has 0 bridgehead atoms. The average Bonchev–Trinajstić information content (AvgIpc) is 3.35. The molecule has 1 amide bonds. The van der Waals surface area contributed by atoms with Gasteiger partial charge in [-0.2, -0.15) is 5.10 Å². The zero-order chi connectivity index (χ0) is 18.5. The SMILES string of the molecule is COC(=O)NCCCn1nc(C(C)NC2CC2)cc1-c1ncccc1C. The monoisotopic (exact) mass is 357 g/mol. The molecule has 7 nitrogen and oxygen atoms in total. The highest BCUT2D eigenvalue weighted by atomic mass is 16.5. The number of carbonyl (C=O) groups excluding carboxylic acids is 1. The van der Waals surface area contributed by atoms with Crippen LogP contribution in [0.4, 0.5) is 4.79 Å². The first-order valence-corrected chi connectivity index (χ1v) is 9.16. The van der Waals surface area contributed by atoms with Crippen LogP contribution in [-0.2, 0) is 11.3 Å². The number of amides is 1. The highest BCUT2D eigenvalue weighted by Crippen LogP contribution is 2.27. The molecule has 1 fully saturated rings. The molecule has 1 atom stereocenters. The molecule has 2 heterocycles. The molecular formula is C19H27N5O2. The lowest BCUT2D eigenvalue weighted by atomic mass is 10.1. The minimum absolute atomic E-state index is 0.208. The van der Waals surface area contributed by atoms with Crippen LogP contribution in [0.3, 0.4) is 0 Å². The largest absolute Gasteiger partial charge is 0.453 e. The topological polar surface area (TPSA) is 81.1 Å². The van der Waals surface area contributed by atoms with Crippen molar-refractivity contribution in [3.63, 3.8) is 0 Å². The van der Waals surface area contributed by atoms with E-state index in [1.807, 2.05) is 16.9 Å². The van der Waals surface area contributed by atoms with E-state index in [0.717, 1.165) is 29.1 Å². The van der Waals surface area contributed by atoms with E-state index in [-0.39, 0.29) is 6.04 Å². The van der Waals surface area contributed by atoms with Crippen LogP contribution in [0.15, 0.2) is 24.4 Å². The summed E-state index contributed by atoms with van der Waals surface area (Å²) in [6.07, 6.45) is 4.66. The molecule has 3 rings (SSSR count). The van der Waals surface area contributed by atoms with Crippen molar-refractivity contribution in [2.24, 2.45) is 0 Å². The molecule has 1 aliphatic rings. The summed E-state index contributed by atoms with van der Waals surface area (Å²) in [5.74, 6) is 0. The maximum absolute atomic E-state index is 11.2. The fraction of sp³-hybridized carbons (Fsp3) is 0.526. The third kappa shape index (κ3) is 4.60. The van der Waals surface area contributed by atoms with Crippen LogP contribution in [0.1, 0.15) is 43.5 Å². The Hall–Kier alpha value is -2.41. The quantitative estimate of drug-likeness (QED) is 0.710. The molecule has 26 heavy (non-hydrogen) atoms. The number of aromatic nitrogens is 3. The number of ether oxygens (including phenoxy) is 1. The number of nitrogens with zero attached hydrogens (tertiary/aromatic N) is 3. The van der Waals surface area contributed by atoms with E-state index in [2.05, 4.69) is 46.3 Å². The number of methoxy groups -OCH3 is 1. The Kier molecular flexibility index (Phi) is 5.88. The minimum Gasteiger partial charge on any atom is -0.453 e. The van der Waals surface area contributed by atoms with Crippen LogP contribution in [0.2, 0.25) is 0 Å². The highest BCUT2D eigenvalue weighted by Gasteiger charge is 2.25. The van der Waals surface area contributed by atoms with Crippen molar-refractivity contribution in [3.05, 3.63) is 35.7 Å². The molecule has 0 radical (unpaired) electrons. The Morgan fingerprint density at radius 1 is 1.46 bits per heavy atom. The van der Waals surface area contributed by atoms with Crippen molar-refractivity contribution >= 4 is 6.09 Å². The van der Waals surface area contributed by atoms with E-state index in [1.165, 1.54) is 20.0 Å². The van der Waals surface area contributed by atoms with Gasteiger partial charge in [0.25, 0.3) is 0 Å². The van der Waals surface area contributed by atoms with Gasteiger partial charge in [-0.15, -0.1) is 0 Å². The number of aryl methyl sites for hydroxylation is 2. The number of pyridine rings is 1. The zero-order valence-corrected chi connectivity index (χ0v) is 15.7. The third-order valence-electron chi connectivity index (χ3n) is 4.56. The summed E-state index contributed by atoms with van der Waals surface area (Å²) in [6, 6.07) is 6.96. The lowest BCUT2D eigenvalue weighted by molar-refractivity contribution is 0.170. The summed E-state index contributed by atoms with van der Waals surface area (Å²) in [6.45, 7) is 5.45. The molecule has 2 aromatic heterocycles. The molecular weight excluding hydrogens is 330 g/mol. The van der Waals surface area contributed by atoms with Gasteiger partial charge in [-0.25, -0.2) is 4.79 Å². The Bertz CT molecular complexity index is 754. The predicted octanol–water partition coefficient (Wildman–Crippen LogP) is 2.81. The molecule has 2 N–H and O–H groups in total. The van der Waals surface area contributed by atoms with Gasteiger partial charge in [0.2, 0.25) is 0 Å². The minimum atomic E-state index is -0.408. The normalized spacial score (nSPS) is 14.9. The van der Waals surface area contributed by atoms with Gasteiger partial charge in [0.1, 0.15) is 0 Å².